The van der Waals surface area contributed by atoms with E-state index in [1.54, 1.807) is 6.08 Å². The summed E-state index contributed by atoms with van der Waals surface area (Å²) in [5.74, 6) is -1.47. The standard InChI is InChI=1S/C18H22O5/c1-12(2)10-17(22-13(3)19)18(23-14(4)20)16(21)11-15-8-6-5-7-9-15/h5-10,17-18H,11H2,1-4H3/t17-,18-/m0/s1. The van der Waals surface area contributed by atoms with Crippen molar-refractivity contribution in [1.82, 2.24) is 0 Å². The third-order valence-corrected chi connectivity index (χ3v) is 2.93. The Kier molecular flexibility index (Phi) is 7.19. The molecule has 23 heavy (non-hydrogen) atoms. The number of carbonyl (C=O) groups is 3. The third-order valence-electron chi connectivity index (χ3n) is 2.93. The average molecular weight is 318 g/mol. The fraction of sp³-hybridized carbons (Fsp3) is 0.389. The molecule has 1 aromatic carbocycles. The molecule has 0 N–H and O–H groups in total. The van der Waals surface area contributed by atoms with Gasteiger partial charge in [-0.25, -0.2) is 0 Å². The number of esters is 2. The predicted octanol–water partition coefficient (Wildman–Crippen LogP) is 2.63. The van der Waals surface area contributed by atoms with Gasteiger partial charge in [0, 0.05) is 20.3 Å². The molecule has 0 aliphatic rings. The summed E-state index contributed by atoms with van der Waals surface area (Å²) in [6, 6.07) is 9.11. The van der Waals surface area contributed by atoms with Gasteiger partial charge in [-0.3, -0.25) is 14.4 Å². The van der Waals surface area contributed by atoms with Gasteiger partial charge < -0.3 is 9.47 Å². The minimum absolute atomic E-state index is 0.0904. The van der Waals surface area contributed by atoms with Crippen LogP contribution in [0.15, 0.2) is 42.0 Å². The number of allylic oxidation sites excluding steroid dienone is 1. The molecule has 0 aliphatic carbocycles. The zero-order chi connectivity index (χ0) is 17.4. The topological polar surface area (TPSA) is 69.7 Å². The van der Waals surface area contributed by atoms with Crippen molar-refractivity contribution in [3.8, 4) is 0 Å². The van der Waals surface area contributed by atoms with Crippen LogP contribution in [0.4, 0.5) is 0 Å². The van der Waals surface area contributed by atoms with Crippen molar-refractivity contribution in [3.05, 3.63) is 47.5 Å². The molecule has 0 unspecified atom stereocenters. The van der Waals surface area contributed by atoms with Crippen molar-refractivity contribution < 1.29 is 23.9 Å². The van der Waals surface area contributed by atoms with E-state index in [1.807, 2.05) is 44.2 Å². The number of hydrogen-bond acceptors (Lipinski definition) is 5. The van der Waals surface area contributed by atoms with Crippen molar-refractivity contribution in [3.63, 3.8) is 0 Å². The number of hydrogen-bond donors (Lipinski definition) is 0. The van der Waals surface area contributed by atoms with Crippen LogP contribution in [0.3, 0.4) is 0 Å². The zero-order valence-electron chi connectivity index (χ0n) is 13.9. The van der Waals surface area contributed by atoms with Crippen molar-refractivity contribution >= 4 is 17.7 Å². The minimum atomic E-state index is -1.16. The number of ether oxygens (including phenoxy) is 2. The van der Waals surface area contributed by atoms with Crippen molar-refractivity contribution in [2.75, 3.05) is 0 Å². The van der Waals surface area contributed by atoms with E-state index >= 15 is 0 Å². The molecule has 0 aliphatic heterocycles. The first-order chi connectivity index (χ1) is 10.8. The molecular weight excluding hydrogens is 296 g/mol. The molecule has 2 atom stereocenters. The molecule has 0 heterocycles. The lowest BCUT2D eigenvalue weighted by molar-refractivity contribution is -0.166. The number of carbonyl (C=O) groups excluding carboxylic acids is 3. The highest BCUT2D eigenvalue weighted by atomic mass is 16.6. The molecule has 124 valence electrons. The van der Waals surface area contributed by atoms with Crippen LogP contribution in [0.2, 0.25) is 0 Å². The Balaban J connectivity index is 3.03. The summed E-state index contributed by atoms with van der Waals surface area (Å²) in [4.78, 5) is 35.2. The fourth-order valence-corrected chi connectivity index (χ4v) is 2.10. The summed E-state index contributed by atoms with van der Waals surface area (Å²) >= 11 is 0. The van der Waals surface area contributed by atoms with E-state index in [2.05, 4.69) is 0 Å². The summed E-state index contributed by atoms with van der Waals surface area (Å²) < 4.78 is 10.3. The van der Waals surface area contributed by atoms with Gasteiger partial charge in [0.2, 0.25) is 6.10 Å². The lowest BCUT2D eigenvalue weighted by Gasteiger charge is -2.23. The van der Waals surface area contributed by atoms with Gasteiger partial charge in [-0.2, -0.15) is 0 Å². The first kappa shape index (κ1) is 18.6. The summed E-state index contributed by atoms with van der Waals surface area (Å²) in [7, 11) is 0. The fourth-order valence-electron chi connectivity index (χ4n) is 2.10. The summed E-state index contributed by atoms with van der Waals surface area (Å²) in [5, 5.41) is 0. The predicted molar refractivity (Wildman–Crippen MR) is 85.7 cm³/mol. The molecule has 0 radical (unpaired) electrons. The maximum absolute atomic E-state index is 12.6. The van der Waals surface area contributed by atoms with Crippen LogP contribution in [-0.4, -0.2) is 29.9 Å². The highest BCUT2D eigenvalue weighted by Crippen LogP contribution is 2.14. The largest absolute Gasteiger partial charge is 0.454 e. The highest BCUT2D eigenvalue weighted by Gasteiger charge is 2.32. The Bertz CT molecular complexity index is 585. The number of rotatable bonds is 7. The van der Waals surface area contributed by atoms with Gasteiger partial charge in [-0.15, -0.1) is 0 Å². The quantitative estimate of drug-likeness (QED) is 0.571. The van der Waals surface area contributed by atoms with Crippen LogP contribution in [0, 0.1) is 0 Å². The Morgan fingerprint density at radius 3 is 2.00 bits per heavy atom. The average Bonchev–Trinajstić information content (AvgIpc) is 2.43. The zero-order valence-corrected chi connectivity index (χ0v) is 13.9. The summed E-state index contributed by atoms with van der Waals surface area (Å²) in [6.07, 6.45) is -0.394. The Morgan fingerprint density at radius 1 is 0.957 bits per heavy atom. The van der Waals surface area contributed by atoms with E-state index in [-0.39, 0.29) is 12.2 Å². The lowest BCUT2D eigenvalue weighted by Crippen LogP contribution is -2.40. The second kappa shape index (κ2) is 8.88. The van der Waals surface area contributed by atoms with E-state index in [0.29, 0.717) is 0 Å². The summed E-state index contributed by atoms with van der Waals surface area (Å²) in [6.45, 7) is 6.08. The molecule has 0 spiro atoms. The Morgan fingerprint density at radius 2 is 1.52 bits per heavy atom. The second-order valence-corrected chi connectivity index (χ2v) is 5.48. The minimum Gasteiger partial charge on any atom is -0.454 e. The van der Waals surface area contributed by atoms with Crippen LogP contribution in [0.25, 0.3) is 0 Å². The van der Waals surface area contributed by atoms with Gasteiger partial charge in [0.1, 0.15) is 0 Å². The van der Waals surface area contributed by atoms with Gasteiger partial charge >= 0.3 is 11.9 Å². The molecule has 5 nitrogen and oxygen atoms in total. The summed E-state index contributed by atoms with van der Waals surface area (Å²) in [5.41, 5.74) is 1.65. The number of ketones is 1. The van der Waals surface area contributed by atoms with Crippen LogP contribution >= 0.6 is 0 Å². The number of benzene rings is 1. The van der Waals surface area contributed by atoms with E-state index in [9.17, 15) is 14.4 Å². The van der Waals surface area contributed by atoms with E-state index in [1.165, 1.54) is 13.8 Å². The van der Waals surface area contributed by atoms with E-state index in [4.69, 9.17) is 9.47 Å². The smallest absolute Gasteiger partial charge is 0.303 e. The molecular formula is C18H22O5. The highest BCUT2D eigenvalue weighted by molar-refractivity contribution is 5.88. The molecule has 0 saturated heterocycles. The van der Waals surface area contributed by atoms with E-state index < -0.39 is 24.1 Å². The lowest BCUT2D eigenvalue weighted by atomic mass is 10.0. The Hall–Kier alpha value is -2.43. The van der Waals surface area contributed by atoms with Gasteiger partial charge in [-0.05, 0) is 25.5 Å². The maximum atomic E-state index is 12.6. The van der Waals surface area contributed by atoms with Crippen molar-refractivity contribution in [2.45, 2.75) is 46.3 Å². The molecule has 5 heteroatoms. The van der Waals surface area contributed by atoms with Crippen LogP contribution in [-0.2, 0) is 30.3 Å². The first-order valence-corrected chi connectivity index (χ1v) is 7.35. The molecule has 1 aromatic rings. The molecule has 0 amide bonds. The van der Waals surface area contributed by atoms with Gasteiger partial charge in [0.05, 0.1) is 0 Å². The normalized spacial score (nSPS) is 12.7. The molecule has 0 aromatic heterocycles. The maximum Gasteiger partial charge on any atom is 0.303 e. The molecule has 0 saturated carbocycles. The molecule has 0 fully saturated rings. The van der Waals surface area contributed by atoms with Crippen LogP contribution in [0.5, 0.6) is 0 Å². The Labute approximate surface area is 136 Å². The van der Waals surface area contributed by atoms with Gasteiger partial charge in [0.15, 0.2) is 11.9 Å². The van der Waals surface area contributed by atoms with Crippen LogP contribution in [0.1, 0.15) is 33.3 Å². The van der Waals surface area contributed by atoms with Gasteiger partial charge in [0.25, 0.3) is 0 Å². The molecule has 0 bridgehead atoms. The monoisotopic (exact) mass is 318 g/mol. The van der Waals surface area contributed by atoms with Gasteiger partial charge in [-0.1, -0.05) is 35.9 Å². The molecule has 1 rings (SSSR count). The second-order valence-electron chi connectivity index (χ2n) is 5.48. The van der Waals surface area contributed by atoms with Crippen molar-refractivity contribution in [1.29, 1.82) is 0 Å². The third kappa shape index (κ3) is 6.91. The van der Waals surface area contributed by atoms with E-state index in [0.717, 1.165) is 11.1 Å². The van der Waals surface area contributed by atoms with Crippen LogP contribution < -0.4 is 0 Å². The SMILES string of the molecule is CC(=O)O[C@@H](C=C(C)C)[C@@H](OC(C)=O)C(=O)Cc1ccccc1. The number of Topliss-reactive ketones (excluding diaryl/α,β-unsaturated/α-hetero) is 1. The van der Waals surface area contributed by atoms with Crippen molar-refractivity contribution in [2.24, 2.45) is 0 Å². The first-order valence-electron chi connectivity index (χ1n) is 7.35.